The van der Waals surface area contributed by atoms with E-state index in [0.29, 0.717) is 24.3 Å². The first-order valence-corrected chi connectivity index (χ1v) is 12.6. The smallest absolute Gasteiger partial charge is 0.339 e. The summed E-state index contributed by atoms with van der Waals surface area (Å²) >= 11 is 6.21. The largest absolute Gasteiger partial charge is 0.379 e. The van der Waals surface area contributed by atoms with E-state index in [0.717, 1.165) is 11.1 Å². The lowest BCUT2D eigenvalue weighted by molar-refractivity contribution is 0.0730. The first-order valence-electron chi connectivity index (χ1n) is 9.34. The minimum Gasteiger partial charge on any atom is -0.379 e. The molecular formula is C20H24ClNO6S2. The van der Waals surface area contributed by atoms with Crippen LogP contribution in [0.2, 0.25) is 5.02 Å². The summed E-state index contributed by atoms with van der Waals surface area (Å²) in [5.41, 5.74) is 2.86. The van der Waals surface area contributed by atoms with Crippen molar-refractivity contribution in [3.63, 3.8) is 0 Å². The second kappa shape index (κ2) is 8.47. The van der Waals surface area contributed by atoms with Crippen LogP contribution in [-0.2, 0) is 24.9 Å². The Morgan fingerprint density at radius 3 is 2.03 bits per heavy atom. The molecule has 1 aliphatic rings. The Hall–Kier alpha value is -1.65. The van der Waals surface area contributed by atoms with Gasteiger partial charge >= 0.3 is 10.1 Å². The van der Waals surface area contributed by atoms with Crippen LogP contribution in [0.4, 0.5) is 0 Å². The average molecular weight is 474 g/mol. The Morgan fingerprint density at radius 2 is 1.50 bits per heavy atom. The highest BCUT2D eigenvalue weighted by molar-refractivity contribution is 7.89. The van der Waals surface area contributed by atoms with Gasteiger partial charge in [-0.25, -0.2) is 8.42 Å². The summed E-state index contributed by atoms with van der Waals surface area (Å²) in [4.78, 5) is 0.0685. The van der Waals surface area contributed by atoms with Crippen molar-refractivity contribution in [2.45, 2.75) is 37.5 Å². The standard InChI is InChI=1S/C20H24ClNO6S2/c1-13-11-14(2)16(4)20(15(13)3)30(25,26)28-19-6-5-17(12-18(19)21)29(23,24)22-7-9-27-10-8-22/h5-6,11-12H,7-10H2,1-4H3. The van der Waals surface area contributed by atoms with Gasteiger partial charge in [0, 0.05) is 13.1 Å². The fraction of sp³-hybridized carbons (Fsp3) is 0.400. The topological polar surface area (TPSA) is 90.0 Å². The van der Waals surface area contributed by atoms with Gasteiger partial charge in [-0.15, -0.1) is 0 Å². The molecule has 0 spiro atoms. The second-order valence-electron chi connectivity index (χ2n) is 7.24. The van der Waals surface area contributed by atoms with E-state index in [1.54, 1.807) is 13.8 Å². The highest BCUT2D eigenvalue weighted by atomic mass is 35.5. The molecule has 10 heteroatoms. The maximum atomic E-state index is 13.0. The van der Waals surface area contributed by atoms with Gasteiger partial charge in [-0.3, -0.25) is 0 Å². The Kier molecular flexibility index (Phi) is 6.50. The maximum Gasteiger partial charge on any atom is 0.339 e. The lowest BCUT2D eigenvalue weighted by atomic mass is 10.0. The van der Waals surface area contributed by atoms with Crippen molar-refractivity contribution in [1.29, 1.82) is 0 Å². The van der Waals surface area contributed by atoms with Gasteiger partial charge < -0.3 is 8.92 Å². The fourth-order valence-corrected chi connectivity index (χ4v) is 6.66. The predicted molar refractivity (Wildman–Crippen MR) is 114 cm³/mol. The summed E-state index contributed by atoms with van der Waals surface area (Å²) in [6, 6.07) is 5.68. The molecule has 1 saturated heterocycles. The third-order valence-electron chi connectivity index (χ3n) is 5.26. The zero-order valence-electron chi connectivity index (χ0n) is 17.2. The molecule has 2 aromatic rings. The molecule has 0 unspecified atom stereocenters. The fourth-order valence-electron chi connectivity index (χ4n) is 3.36. The van der Waals surface area contributed by atoms with E-state index in [9.17, 15) is 16.8 Å². The molecule has 3 rings (SSSR count). The van der Waals surface area contributed by atoms with Crippen LogP contribution in [0.15, 0.2) is 34.1 Å². The molecular weight excluding hydrogens is 450 g/mol. The van der Waals surface area contributed by atoms with Crippen LogP contribution >= 0.6 is 11.6 Å². The summed E-state index contributed by atoms with van der Waals surface area (Å²) in [6.07, 6.45) is 0. The van der Waals surface area contributed by atoms with Crippen LogP contribution in [0.5, 0.6) is 5.75 Å². The number of nitrogens with zero attached hydrogens (tertiary/aromatic N) is 1. The van der Waals surface area contributed by atoms with Gasteiger partial charge in [-0.05, 0) is 68.1 Å². The molecule has 0 radical (unpaired) electrons. The summed E-state index contributed by atoms with van der Waals surface area (Å²) in [5.74, 6) is -0.129. The van der Waals surface area contributed by atoms with E-state index in [1.165, 1.54) is 22.5 Å². The number of morpholine rings is 1. The van der Waals surface area contributed by atoms with Gasteiger partial charge in [0.15, 0.2) is 5.75 Å². The van der Waals surface area contributed by atoms with Gasteiger partial charge in [-0.2, -0.15) is 12.7 Å². The van der Waals surface area contributed by atoms with E-state index in [4.69, 9.17) is 20.5 Å². The molecule has 30 heavy (non-hydrogen) atoms. The Labute approximate surface area is 182 Å². The van der Waals surface area contributed by atoms with Crippen molar-refractivity contribution in [3.05, 3.63) is 51.5 Å². The van der Waals surface area contributed by atoms with Crippen LogP contribution in [0.25, 0.3) is 0 Å². The molecule has 2 aromatic carbocycles. The number of hydrogen-bond donors (Lipinski definition) is 0. The van der Waals surface area contributed by atoms with Gasteiger partial charge in [0.2, 0.25) is 10.0 Å². The molecule has 7 nitrogen and oxygen atoms in total. The van der Waals surface area contributed by atoms with Gasteiger partial charge in [0.05, 0.1) is 23.1 Å². The van der Waals surface area contributed by atoms with Crippen LogP contribution in [0, 0.1) is 27.7 Å². The molecule has 1 heterocycles. The molecule has 0 saturated carbocycles. The van der Waals surface area contributed by atoms with E-state index in [1.807, 2.05) is 19.9 Å². The molecule has 0 bridgehead atoms. The number of aryl methyl sites for hydroxylation is 2. The molecule has 0 aromatic heterocycles. The van der Waals surface area contributed by atoms with E-state index in [2.05, 4.69) is 0 Å². The first-order chi connectivity index (χ1) is 13.9. The molecule has 1 aliphatic heterocycles. The van der Waals surface area contributed by atoms with E-state index >= 15 is 0 Å². The Bertz CT molecular complexity index is 1160. The Morgan fingerprint density at radius 1 is 0.933 bits per heavy atom. The van der Waals surface area contributed by atoms with Crippen molar-refractivity contribution in [2.75, 3.05) is 26.3 Å². The average Bonchev–Trinajstić information content (AvgIpc) is 2.68. The molecule has 164 valence electrons. The van der Waals surface area contributed by atoms with Crippen molar-refractivity contribution < 1.29 is 25.8 Å². The van der Waals surface area contributed by atoms with E-state index < -0.39 is 20.1 Å². The first kappa shape index (κ1) is 23.0. The normalized spacial score (nSPS) is 15.9. The quantitative estimate of drug-likeness (QED) is 0.618. The predicted octanol–water partition coefficient (Wildman–Crippen LogP) is 3.36. The number of halogens is 1. The summed E-state index contributed by atoms with van der Waals surface area (Å²) in [5, 5.41) is -0.104. The number of benzene rings is 2. The summed E-state index contributed by atoms with van der Waals surface area (Å²) < 4.78 is 63.4. The van der Waals surface area contributed by atoms with Crippen LogP contribution in [0.1, 0.15) is 22.3 Å². The molecule has 0 atom stereocenters. The lowest BCUT2D eigenvalue weighted by Crippen LogP contribution is -2.40. The van der Waals surface area contributed by atoms with Crippen molar-refractivity contribution in [1.82, 2.24) is 4.31 Å². The third kappa shape index (κ3) is 4.36. The zero-order valence-corrected chi connectivity index (χ0v) is 19.6. The minimum atomic E-state index is -4.17. The number of rotatable bonds is 5. The highest BCUT2D eigenvalue weighted by Crippen LogP contribution is 2.33. The van der Waals surface area contributed by atoms with Gasteiger partial charge in [0.25, 0.3) is 0 Å². The summed E-state index contributed by atoms with van der Waals surface area (Å²) in [7, 11) is -7.93. The third-order valence-corrected chi connectivity index (χ3v) is 8.96. The van der Waals surface area contributed by atoms with Gasteiger partial charge in [-0.1, -0.05) is 17.7 Å². The number of hydrogen-bond acceptors (Lipinski definition) is 6. The number of sulfonamides is 1. The van der Waals surface area contributed by atoms with Crippen molar-refractivity contribution in [2.24, 2.45) is 0 Å². The maximum absolute atomic E-state index is 13.0. The molecule has 1 fully saturated rings. The lowest BCUT2D eigenvalue weighted by Gasteiger charge is -2.26. The van der Waals surface area contributed by atoms with Crippen LogP contribution in [0.3, 0.4) is 0 Å². The highest BCUT2D eigenvalue weighted by Gasteiger charge is 2.29. The molecule has 0 N–H and O–H groups in total. The monoisotopic (exact) mass is 473 g/mol. The van der Waals surface area contributed by atoms with Gasteiger partial charge in [0.1, 0.15) is 4.90 Å². The number of ether oxygens (including phenoxy) is 1. The molecule has 0 aliphatic carbocycles. The Balaban J connectivity index is 1.95. The second-order valence-corrected chi connectivity index (χ2v) is 11.1. The van der Waals surface area contributed by atoms with Crippen molar-refractivity contribution >= 4 is 31.7 Å². The zero-order chi connectivity index (χ0) is 22.3. The molecule has 0 amide bonds. The van der Waals surface area contributed by atoms with Crippen molar-refractivity contribution in [3.8, 4) is 5.75 Å². The SMILES string of the molecule is Cc1cc(C)c(C)c(S(=O)(=O)Oc2ccc(S(=O)(=O)N3CCOCC3)cc2Cl)c1C. The van der Waals surface area contributed by atoms with E-state index in [-0.39, 0.29) is 33.7 Å². The van der Waals surface area contributed by atoms with Crippen LogP contribution in [-0.4, -0.2) is 47.4 Å². The van der Waals surface area contributed by atoms with Crippen LogP contribution < -0.4 is 4.18 Å². The summed E-state index contributed by atoms with van der Waals surface area (Å²) in [6.45, 7) is 8.24. The minimum absolute atomic E-state index is 0.0297.